The largest absolute Gasteiger partial charge is 0.477 e. The highest BCUT2D eigenvalue weighted by molar-refractivity contribution is 5.92. The van der Waals surface area contributed by atoms with Crippen molar-refractivity contribution in [1.29, 1.82) is 0 Å². The highest BCUT2D eigenvalue weighted by Crippen LogP contribution is 2.17. The third-order valence-electron chi connectivity index (χ3n) is 3.17. The number of nitrogens with zero attached hydrogens (tertiary/aromatic N) is 2. The highest BCUT2D eigenvalue weighted by Gasteiger charge is 2.21. The molecule has 19 heavy (non-hydrogen) atoms. The number of hydrogen-bond donors (Lipinski definition) is 2. The lowest BCUT2D eigenvalue weighted by Crippen LogP contribution is -2.41. The number of carbonyl (C=O) groups is 2. The molecule has 0 radical (unpaired) electrons. The number of piperidine rings is 1. The Labute approximate surface area is 111 Å². The number of carboxylic acid groups (broad SMARTS) is 1. The van der Waals surface area contributed by atoms with Crippen molar-refractivity contribution < 1.29 is 14.7 Å². The molecule has 1 saturated heterocycles. The number of amides is 2. The van der Waals surface area contributed by atoms with Crippen LogP contribution in [0.3, 0.4) is 0 Å². The summed E-state index contributed by atoms with van der Waals surface area (Å²) in [5.74, 6) is -0.603. The fraction of sp³-hybridized carbons (Fsp3) is 0.462. The van der Waals surface area contributed by atoms with Gasteiger partial charge in [0.2, 0.25) is 0 Å². The Morgan fingerprint density at radius 2 is 2.32 bits per heavy atom. The van der Waals surface area contributed by atoms with Crippen LogP contribution in [-0.4, -0.2) is 40.1 Å². The molecule has 1 aromatic heterocycles. The summed E-state index contributed by atoms with van der Waals surface area (Å²) in [5.41, 5.74) is 0.375. The fourth-order valence-electron chi connectivity index (χ4n) is 2.20. The molecule has 1 aliphatic heterocycles. The molecule has 1 unspecified atom stereocenters. The van der Waals surface area contributed by atoms with E-state index in [0.29, 0.717) is 11.6 Å². The van der Waals surface area contributed by atoms with E-state index in [4.69, 9.17) is 5.11 Å². The van der Waals surface area contributed by atoms with Gasteiger partial charge in [-0.25, -0.2) is 14.6 Å². The van der Waals surface area contributed by atoms with Gasteiger partial charge in [-0.05, 0) is 30.9 Å². The monoisotopic (exact) mass is 263 g/mol. The van der Waals surface area contributed by atoms with Crippen molar-refractivity contribution in [2.75, 3.05) is 18.4 Å². The van der Waals surface area contributed by atoms with Gasteiger partial charge in [0.1, 0.15) is 5.69 Å². The molecule has 102 valence electrons. The van der Waals surface area contributed by atoms with Gasteiger partial charge in [-0.15, -0.1) is 0 Å². The van der Waals surface area contributed by atoms with Gasteiger partial charge in [0.25, 0.3) is 0 Å². The molecule has 0 spiro atoms. The summed E-state index contributed by atoms with van der Waals surface area (Å²) in [6.45, 7) is 3.60. The number of nitrogens with one attached hydrogen (secondary N) is 1. The summed E-state index contributed by atoms with van der Waals surface area (Å²) in [4.78, 5) is 28.3. The van der Waals surface area contributed by atoms with Crippen LogP contribution in [0.25, 0.3) is 0 Å². The number of pyridine rings is 1. The minimum Gasteiger partial charge on any atom is -0.477 e. The third-order valence-corrected chi connectivity index (χ3v) is 3.17. The van der Waals surface area contributed by atoms with Gasteiger partial charge >= 0.3 is 12.0 Å². The van der Waals surface area contributed by atoms with Crippen LogP contribution in [0.2, 0.25) is 0 Å². The van der Waals surface area contributed by atoms with Gasteiger partial charge in [-0.2, -0.15) is 0 Å². The second-order valence-electron chi connectivity index (χ2n) is 4.86. The Kier molecular flexibility index (Phi) is 3.99. The summed E-state index contributed by atoms with van der Waals surface area (Å²) < 4.78 is 0. The van der Waals surface area contributed by atoms with Crippen molar-refractivity contribution in [2.45, 2.75) is 19.8 Å². The zero-order chi connectivity index (χ0) is 13.8. The van der Waals surface area contributed by atoms with Gasteiger partial charge < -0.3 is 15.3 Å². The number of anilines is 1. The van der Waals surface area contributed by atoms with E-state index in [9.17, 15) is 9.59 Å². The van der Waals surface area contributed by atoms with Gasteiger partial charge in [0, 0.05) is 25.0 Å². The predicted octanol–water partition coefficient (Wildman–Crippen LogP) is 2.04. The molecule has 0 aliphatic carbocycles. The number of urea groups is 1. The van der Waals surface area contributed by atoms with Gasteiger partial charge in [-0.1, -0.05) is 6.92 Å². The molecule has 0 saturated carbocycles. The molecule has 1 fully saturated rings. The summed E-state index contributed by atoms with van der Waals surface area (Å²) in [6, 6.07) is 2.75. The quantitative estimate of drug-likeness (QED) is 0.855. The number of likely N-dealkylation sites (tertiary alicyclic amines) is 1. The summed E-state index contributed by atoms with van der Waals surface area (Å²) in [6.07, 6.45) is 3.52. The van der Waals surface area contributed by atoms with Crippen molar-refractivity contribution in [2.24, 2.45) is 5.92 Å². The maximum atomic E-state index is 12.0. The van der Waals surface area contributed by atoms with Crippen molar-refractivity contribution in [3.63, 3.8) is 0 Å². The van der Waals surface area contributed by atoms with E-state index < -0.39 is 5.97 Å². The van der Waals surface area contributed by atoms with Crippen LogP contribution in [0.15, 0.2) is 18.3 Å². The van der Waals surface area contributed by atoms with E-state index >= 15 is 0 Å². The molecule has 1 atom stereocenters. The zero-order valence-electron chi connectivity index (χ0n) is 10.8. The summed E-state index contributed by atoms with van der Waals surface area (Å²) in [5, 5.41) is 11.6. The van der Waals surface area contributed by atoms with E-state index in [2.05, 4.69) is 17.2 Å². The van der Waals surface area contributed by atoms with Crippen molar-refractivity contribution in [3.8, 4) is 0 Å². The first-order chi connectivity index (χ1) is 9.06. The molecule has 2 rings (SSSR count). The number of aromatic nitrogens is 1. The first-order valence-electron chi connectivity index (χ1n) is 6.31. The summed E-state index contributed by atoms with van der Waals surface area (Å²) in [7, 11) is 0. The second kappa shape index (κ2) is 5.69. The summed E-state index contributed by atoms with van der Waals surface area (Å²) >= 11 is 0. The predicted molar refractivity (Wildman–Crippen MR) is 70.2 cm³/mol. The van der Waals surface area contributed by atoms with Crippen LogP contribution in [0.5, 0.6) is 0 Å². The van der Waals surface area contributed by atoms with Crippen LogP contribution < -0.4 is 5.32 Å². The van der Waals surface area contributed by atoms with Crippen molar-refractivity contribution in [1.82, 2.24) is 9.88 Å². The van der Waals surface area contributed by atoms with Gasteiger partial charge in [0.05, 0.1) is 0 Å². The average molecular weight is 263 g/mol. The molecular weight excluding hydrogens is 246 g/mol. The second-order valence-corrected chi connectivity index (χ2v) is 4.86. The molecule has 1 aromatic rings. The van der Waals surface area contributed by atoms with Crippen LogP contribution in [0.1, 0.15) is 30.3 Å². The number of aromatic carboxylic acids is 1. The maximum Gasteiger partial charge on any atom is 0.354 e. The van der Waals surface area contributed by atoms with Crippen molar-refractivity contribution in [3.05, 3.63) is 24.0 Å². The molecular formula is C13H17N3O3. The van der Waals surface area contributed by atoms with E-state index in [0.717, 1.165) is 25.9 Å². The maximum absolute atomic E-state index is 12.0. The van der Waals surface area contributed by atoms with Crippen LogP contribution in [0.4, 0.5) is 10.5 Å². The molecule has 2 heterocycles. The van der Waals surface area contributed by atoms with Crippen LogP contribution in [0, 0.1) is 5.92 Å². The Hall–Kier alpha value is -2.11. The molecule has 2 N–H and O–H groups in total. The number of rotatable bonds is 2. The zero-order valence-corrected chi connectivity index (χ0v) is 10.8. The number of carbonyl (C=O) groups excluding carboxylic acids is 1. The van der Waals surface area contributed by atoms with Crippen LogP contribution >= 0.6 is 0 Å². The van der Waals surface area contributed by atoms with E-state index in [-0.39, 0.29) is 11.7 Å². The lowest BCUT2D eigenvalue weighted by atomic mass is 10.0. The van der Waals surface area contributed by atoms with E-state index in [1.165, 1.54) is 12.3 Å². The molecule has 1 aliphatic rings. The topological polar surface area (TPSA) is 82.5 Å². The standard InChI is InChI=1S/C13H17N3O3/c1-9-3-2-6-16(8-9)13(19)15-10-4-5-14-11(7-10)12(17)18/h4-5,7,9H,2-3,6,8H2,1H3,(H,17,18)(H,14,15,19). The van der Waals surface area contributed by atoms with Crippen LogP contribution in [-0.2, 0) is 0 Å². The lowest BCUT2D eigenvalue weighted by Gasteiger charge is -2.30. The minimum absolute atomic E-state index is 0.0789. The van der Waals surface area contributed by atoms with Gasteiger partial charge in [0.15, 0.2) is 0 Å². The molecule has 0 aromatic carbocycles. The normalized spacial score (nSPS) is 19.0. The fourth-order valence-corrected chi connectivity index (χ4v) is 2.20. The SMILES string of the molecule is CC1CCCN(C(=O)Nc2ccnc(C(=O)O)c2)C1. The Morgan fingerprint density at radius 1 is 1.53 bits per heavy atom. The Morgan fingerprint density at radius 3 is 3.00 bits per heavy atom. The number of carboxylic acids is 1. The first kappa shape index (κ1) is 13.3. The Balaban J connectivity index is 2.02. The smallest absolute Gasteiger partial charge is 0.354 e. The molecule has 2 amide bonds. The Bertz CT molecular complexity index is 490. The van der Waals surface area contributed by atoms with Crippen molar-refractivity contribution >= 4 is 17.7 Å². The number of hydrogen-bond acceptors (Lipinski definition) is 3. The first-order valence-corrected chi connectivity index (χ1v) is 6.31. The molecule has 6 nitrogen and oxygen atoms in total. The lowest BCUT2D eigenvalue weighted by molar-refractivity contribution is 0.0690. The molecule has 6 heteroatoms. The molecule has 0 bridgehead atoms. The van der Waals surface area contributed by atoms with Gasteiger partial charge in [-0.3, -0.25) is 0 Å². The van der Waals surface area contributed by atoms with E-state index in [1.807, 2.05) is 0 Å². The third kappa shape index (κ3) is 3.43. The highest BCUT2D eigenvalue weighted by atomic mass is 16.4. The minimum atomic E-state index is -1.11. The average Bonchev–Trinajstić information content (AvgIpc) is 2.39. The van der Waals surface area contributed by atoms with E-state index in [1.54, 1.807) is 11.0 Å².